The number of hydrogen-bond donors (Lipinski definition) is 1. The predicted molar refractivity (Wildman–Crippen MR) is 74.1 cm³/mol. The number of hydrogen-bond acceptors (Lipinski definition) is 3. The molecule has 3 rings (SSSR count). The van der Waals surface area contributed by atoms with Crippen molar-refractivity contribution >= 4 is 16.6 Å². The van der Waals surface area contributed by atoms with Gasteiger partial charge in [-0.2, -0.15) is 0 Å². The van der Waals surface area contributed by atoms with Crippen molar-refractivity contribution in [2.75, 3.05) is 12.4 Å². The molecule has 0 radical (unpaired) electrons. The van der Waals surface area contributed by atoms with Gasteiger partial charge in [0, 0.05) is 17.6 Å². The van der Waals surface area contributed by atoms with Crippen molar-refractivity contribution in [1.82, 2.24) is 4.98 Å². The number of ether oxygens (including phenoxy) is 1. The Morgan fingerprint density at radius 2 is 2.11 bits per heavy atom. The fourth-order valence-corrected chi connectivity index (χ4v) is 2.27. The molecule has 1 unspecified atom stereocenters. The fraction of sp³-hybridized carbons (Fsp3) is 0.400. The zero-order chi connectivity index (χ0) is 12.8. The number of nitrogens with one attached hydrogen (secondary N) is 1. The minimum absolute atomic E-state index is 0.392. The molecule has 0 bridgehead atoms. The van der Waals surface area contributed by atoms with E-state index in [9.17, 15) is 0 Å². The molecule has 18 heavy (non-hydrogen) atoms. The van der Waals surface area contributed by atoms with Gasteiger partial charge in [0.05, 0.1) is 7.11 Å². The highest BCUT2D eigenvalue weighted by atomic mass is 16.5. The minimum atomic E-state index is 0.392. The van der Waals surface area contributed by atoms with Crippen molar-refractivity contribution < 1.29 is 4.74 Å². The summed E-state index contributed by atoms with van der Waals surface area (Å²) < 4.78 is 5.28. The molecule has 1 N–H and O–H groups in total. The lowest BCUT2D eigenvalue weighted by atomic mass is 10.1. The fourth-order valence-electron chi connectivity index (χ4n) is 2.27. The van der Waals surface area contributed by atoms with Crippen LogP contribution < -0.4 is 10.1 Å². The zero-order valence-corrected chi connectivity index (χ0v) is 11.0. The van der Waals surface area contributed by atoms with Gasteiger partial charge in [0.1, 0.15) is 11.6 Å². The van der Waals surface area contributed by atoms with E-state index in [-0.39, 0.29) is 0 Å². The van der Waals surface area contributed by atoms with Gasteiger partial charge in [-0.25, -0.2) is 4.98 Å². The molecule has 1 atom stereocenters. The minimum Gasteiger partial charge on any atom is -0.497 e. The predicted octanol–water partition coefficient (Wildman–Crippen LogP) is 3.45. The first-order chi connectivity index (χ1) is 8.60. The highest BCUT2D eigenvalue weighted by Crippen LogP contribution is 2.46. The van der Waals surface area contributed by atoms with Crippen LogP contribution in [0.4, 0.5) is 5.82 Å². The number of nitrogens with zero attached hydrogens (tertiary/aromatic N) is 1. The highest BCUT2D eigenvalue weighted by Gasteiger charge is 2.45. The largest absolute Gasteiger partial charge is 0.497 e. The van der Waals surface area contributed by atoms with Crippen LogP contribution in [0.5, 0.6) is 5.75 Å². The van der Waals surface area contributed by atoms with E-state index in [2.05, 4.69) is 30.2 Å². The second-order valence-electron chi connectivity index (χ2n) is 5.64. The smallest absolute Gasteiger partial charge is 0.134 e. The van der Waals surface area contributed by atoms with Crippen LogP contribution >= 0.6 is 0 Å². The molecule has 3 heteroatoms. The van der Waals surface area contributed by atoms with Gasteiger partial charge in [-0.3, -0.25) is 0 Å². The SMILES string of the molecule is COc1ccc2ccnc(NC3CC3(C)C)c2c1. The summed E-state index contributed by atoms with van der Waals surface area (Å²) in [6.07, 6.45) is 3.06. The zero-order valence-electron chi connectivity index (χ0n) is 11.0. The first-order valence-electron chi connectivity index (χ1n) is 6.29. The molecular weight excluding hydrogens is 224 g/mol. The summed E-state index contributed by atoms with van der Waals surface area (Å²) in [6.45, 7) is 4.55. The monoisotopic (exact) mass is 242 g/mol. The molecule has 1 heterocycles. The average Bonchev–Trinajstić information content (AvgIpc) is 2.96. The van der Waals surface area contributed by atoms with Crippen LogP contribution in [-0.2, 0) is 0 Å². The molecule has 1 aliphatic rings. The summed E-state index contributed by atoms with van der Waals surface area (Å²) in [5.74, 6) is 1.83. The van der Waals surface area contributed by atoms with Crippen LogP contribution in [0.2, 0.25) is 0 Å². The second kappa shape index (κ2) is 3.87. The Bertz CT molecular complexity index is 592. The molecule has 3 nitrogen and oxygen atoms in total. The first-order valence-corrected chi connectivity index (χ1v) is 6.29. The molecule has 1 aliphatic carbocycles. The van der Waals surface area contributed by atoms with E-state index < -0.39 is 0 Å². The molecule has 0 spiro atoms. The third-order valence-electron chi connectivity index (χ3n) is 3.80. The summed E-state index contributed by atoms with van der Waals surface area (Å²) in [7, 11) is 1.69. The van der Waals surface area contributed by atoms with E-state index in [1.54, 1.807) is 7.11 Å². The van der Waals surface area contributed by atoms with Gasteiger partial charge >= 0.3 is 0 Å². The van der Waals surface area contributed by atoms with E-state index >= 15 is 0 Å². The van der Waals surface area contributed by atoms with Crippen LogP contribution in [0.3, 0.4) is 0 Å². The van der Waals surface area contributed by atoms with Gasteiger partial charge in [0.25, 0.3) is 0 Å². The second-order valence-corrected chi connectivity index (χ2v) is 5.64. The topological polar surface area (TPSA) is 34.1 Å². The lowest BCUT2D eigenvalue weighted by Gasteiger charge is -2.11. The van der Waals surface area contributed by atoms with Crippen LogP contribution in [0.15, 0.2) is 30.5 Å². The Labute approximate surface area is 107 Å². The third-order valence-corrected chi connectivity index (χ3v) is 3.80. The lowest BCUT2D eigenvalue weighted by molar-refractivity contribution is 0.415. The summed E-state index contributed by atoms with van der Waals surface area (Å²) in [6, 6.07) is 8.64. The normalized spacial score (nSPS) is 20.7. The molecule has 0 aliphatic heterocycles. The summed E-state index contributed by atoms with van der Waals surface area (Å²) >= 11 is 0. The molecule has 1 aromatic carbocycles. The van der Waals surface area contributed by atoms with Gasteiger partial charge in [-0.1, -0.05) is 19.9 Å². The van der Waals surface area contributed by atoms with Crippen LogP contribution in [-0.4, -0.2) is 18.1 Å². The molecule has 0 saturated heterocycles. The Morgan fingerprint density at radius 3 is 2.78 bits per heavy atom. The van der Waals surface area contributed by atoms with Gasteiger partial charge in [-0.05, 0) is 35.4 Å². The number of aromatic nitrogens is 1. The molecule has 2 aromatic rings. The molecule has 1 fully saturated rings. The maximum Gasteiger partial charge on any atom is 0.134 e. The first kappa shape index (κ1) is 11.3. The number of rotatable bonds is 3. The molecular formula is C15H18N2O. The quantitative estimate of drug-likeness (QED) is 0.895. The van der Waals surface area contributed by atoms with Gasteiger partial charge in [-0.15, -0.1) is 0 Å². The van der Waals surface area contributed by atoms with Crippen LogP contribution in [0.1, 0.15) is 20.3 Å². The standard InChI is InChI=1S/C15H18N2O/c1-15(2)9-13(15)17-14-12-8-11(18-3)5-4-10(12)6-7-16-14/h4-8,13H,9H2,1-3H3,(H,16,17). The van der Waals surface area contributed by atoms with Crippen molar-refractivity contribution in [2.45, 2.75) is 26.3 Å². The molecule has 0 amide bonds. The molecule has 1 saturated carbocycles. The van der Waals surface area contributed by atoms with Crippen molar-refractivity contribution in [1.29, 1.82) is 0 Å². The van der Waals surface area contributed by atoms with Crippen LogP contribution in [0.25, 0.3) is 10.8 Å². The third kappa shape index (κ3) is 1.90. The Hall–Kier alpha value is -1.77. The number of benzene rings is 1. The maximum absolute atomic E-state index is 5.28. The van der Waals surface area contributed by atoms with E-state index in [1.165, 1.54) is 11.8 Å². The maximum atomic E-state index is 5.28. The summed E-state index contributed by atoms with van der Waals surface area (Å²) in [5, 5.41) is 5.85. The summed E-state index contributed by atoms with van der Waals surface area (Å²) in [4.78, 5) is 4.46. The Kier molecular flexibility index (Phi) is 2.44. The van der Waals surface area contributed by atoms with Crippen LogP contribution in [0, 0.1) is 5.41 Å². The molecule has 94 valence electrons. The van der Waals surface area contributed by atoms with E-state index in [4.69, 9.17) is 4.74 Å². The average molecular weight is 242 g/mol. The van der Waals surface area contributed by atoms with Crippen molar-refractivity contribution in [2.24, 2.45) is 5.41 Å². The summed E-state index contributed by atoms with van der Waals surface area (Å²) in [5.41, 5.74) is 0.392. The lowest BCUT2D eigenvalue weighted by Crippen LogP contribution is -2.09. The van der Waals surface area contributed by atoms with E-state index in [1.807, 2.05) is 24.4 Å². The van der Waals surface area contributed by atoms with Gasteiger partial charge < -0.3 is 10.1 Å². The van der Waals surface area contributed by atoms with E-state index in [0.29, 0.717) is 11.5 Å². The van der Waals surface area contributed by atoms with Crippen molar-refractivity contribution in [3.8, 4) is 5.75 Å². The number of pyridine rings is 1. The van der Waals surface area contributed by atoms with Gasteiger partial charge in [0.2, 0.25) is 0 Å². The number of methoxy groups -OCH3 is 1. The van der Waals surface area contributed by atoms with Crippen molar-refractivity contribution in [3.05, 3.63) is 30.5 Å². The number of fused-ring (bicyclic) bond motifs is 1. The highest BCUT2D eigenvalue weighted by molar-refractivity contribution is 5.93. The Morgan fingerprint density at radius 1 is 1.33 bits per heavy atom. The number of anilines is 1. The van der Waals surface area contributed by atoms with Gasteiger partial charge in [0.15, 0.2) is 0 Å². The Balaban J connectivity index is 2.00. The van der Waals surface area contributed by atoms with E-state index in [0.717, 1.165) is 17.0 Å². The molecule has 1 aromatic heterocycles. The van der Waals surface area contributed by atoms with Crippen molar-refractivity contribution in [3.63, 3.8) is 0 Å².